The van der Waals surface area contributed by atoms with E-state index >= 15 is 0 Å². The summed E-state index contributed by atoms with van der Waals surface area (Å²) in [5.41, 5.74) is 5.40. The van der Waals surface area contributed by atoms with Crippen LogP contribution in [0.3, 0.4) is 0 Å². The van der Waals surface area contributed by atoms with Crippen LogP contribution in [0.5, 0.6) is 0 Å². The molecule has 1 saturated heterocycles. The van der Waals surface area contributed by atoms with Gasteiger partial charge in [-0.25, -0.2) is 4.79 Å². The molecule has 1 aliphatic heterocycles. The summed E-state index contributed by atoms with van der Waals surface area (Å²) < 4.78 is 0. The van der Waals surface area contributed by atoms with E-state index in [1.54, 1.807) is 6.92 Å². The van der Waals surface area contributed by atoms with E-state index in [4.69, 9.17) is 10.8 Å². The molecule has 0 saturated carbocycles. The number of Topliss-reactive ketones (excluding diaryl/α,β-unsaturated/α-hetero) is 1. The van der Waals surface area contributed by atoms with Gasteiger partial charge in [0, 0.05) is 25.7 Å². The number of carboxylic acids is 1. The number of nitrogens with two attached hydrogens (primary N) is 1. The van der Waals surface area contributed by atoms with Gasteiger partial charge in [-0.15, -0.1) is 0 Å². The van der Waals surface area contributed by atoms with E-state index in [2.05, 4.69) is 15.5 Å². The number of hydrogen-bond donors (Lipinski definition) is 4. The molecular formula is C15H28N4O4. The molecule has 0 unspecified atom stereocenters. The zero-order valence-electron chi connectivity index (χ0n) is 13.7. The van der Waals surface area contributed by atoms with Crippen molar-refractivity contribution in [1.29, 1.82) is 0 Å². The first-order valence-corrected chi connectivity index (χ1v) is 8.13. The van der Waals surface area contributed by atoms with Crippen LogP contribution in [0.4, 0.5) is 4.79 Å². The topological polar surface area (TPSA) is 125 Å². The van der Waals surface area contributed by atoms with Gasteiger partial charge in [0.25, 0.3) is 0 Å². The molecule has 132 valence electrons. The summed E-state index contributed by atoms with van der Waals surface area (Å²) >= 11 is 0. The second kappa shape index (κ2) is 10.2. The minimum absolute atomic E-state index is 0.138. The summed E-state index contributed by atoms with van der Waals surface area (Å²) in [6.07, 6.45) is 3.46. The number of piperidine rings is 1. The van der Waals surface area contributed by atoms with Crippen LogP contribution >= 0.6 is 0 Å². The highest BCUT2D eigenvalue weighted by atomic mass is 16.4. The number of hydrogen-bond acceptors (Lipinski definition) is 5. The normalized spacial score (nSPS) is 17.5. The molecule has 0 aromatic rings. The van der Waals surface area contributed by atoms with E-state index in [0.29, 0.717) is 32.4 Å². The average Bonchev–Trinajstić information content (AvgIpc) is 2.48. The number of likely N-dealkylation sites (tertiary alicyclic amines) is 1. The predicted octanol–water partition coefficient (Wildman–Crippen LogP) is -0.0788. The Balaban J connectivity index is 2.06. The van der Waals surface area contributed by atoms with Crippen molar-refractivity contribution in [2.75, 3.05) is 26.2 Å². The van der Waals surface area contributed by atoms with Crippen molar-refractivity contribution in [2.24, 2.45) is 5.73 Å². The lowest BCUT2D eigenvalue weighted by Gasteiger charge is -2.31. The minimum atomic E-state index is -0.994. The van der Waals surface area contributed by atoms with E-state index in [1.807, 2.05) is 0 Å². The Morgan fingerprint density at radius 1 is 1.26 bits per heavy atom. The fourth-order valence-corrected chi connectivity index (χ4v) is 2.60. The van der Waals surface area contributed by atoms with Crippen molar-refractivity contribution in [2.45, 2.75) is 51.1 Å². The number of aliphatic carboxylic acids is 1. The summed E-state index contributed by atoms with van der Waals surface area (Å²) in [6, 6.07) is -0.889. The fourth-order valence-electron chi connectivity index (χ4n) is 2.60. The monoisotopic (exact) mass is 328 g/mol. The summed E-state index contributed by atoms with van der Waals surface area (Å²) in [5, 5.41) is 14.3. The molecule has 8 heteroatoms. The Morgan fingerprint density at radius 2 is 1.91 bits per heavy atom. The second-order valence-electron chi connectivity index (χ2n) is 6.09. The third-order valence-electron chi connectivity index (χ3n) is 3.91. The van der Waals surface area contributed by atoms with E-state index in [9.17, 15) is 14.4 Å². The van der Waals surface area contributed by atoms with Crippen LogP contribution in [0.25, 0.3) is 0 Å². The van der Waals surface area contributed by atoms with Gasteiger partial charge in [-0.3, -0.25) is 14.5 Å². The average molecular weight is 328 g/mol. The summed E-state index contributed by atoms with van der Waals surface area (Å²) in [7, 11) is 0. The van der Waals surface area contributed by atoms with Gasteiger partial charge in [0.05, 0.1) is 6.54 Å². The highest BCUT2D eigenvalue weighted by Crippen LogP contribution is 2.09. The summed E-state index contributed by atoms with van der Waals surface area (Å²) in [4.78, 5) is 35.5. The molecule has 0 aromatic heterocycles. The van der Waals surface area contributed by atoms with E-state index in [-0.39, 0.29) is 17.9 Å². The van der Waals surface area contributed by atoms with Crippen molar-refractivity contribution in [3.8, 4) is 0 Å². The molecule has 0 aliphatic carbocycles. The number of carbonyl (C=O) groups excluding carboxylic acids is 2. The van der Waals surface area contributed by atoms with Crippen LogP contribution < -0.4 is 16.4 Å². The van der Waals surface area contributed by atoms with Gasteiger partial charge in [0.1, 0.15) is 11.8 Å². The van der Waals surface area contributed by atoms with Gasteiger partial charge in [-0.1, -0.05) is 0 Å². The molecule has 1 fully saturated rings. The van der Waals surface area contributed by atoms with Crippen LogP contribution in [0.15, 0.2) is 0 Å². The number of unbranched alkanes of at least 4 members (excludes halogenated alkanes) is 1. The van der Waals surface area contributed by atoms with Crippen LogP contribution in [-0.2, 0) is 9.59 Å². The molecule has 0 aromatic carbocycles. The van der Waals surface area contributed by atoms with Crippen molar-refractivity contribution in [3.63, 3.8) is 0 Å². The van der Waals surface area contributed by atoms with Crippen molar-refractivity contribution < 1.29 is 19.5 Å². The smallest absolute Gasteiger partial charge is 0.320 e. The maximum Gasteiger partial charge on any atom is 0.320 e. The first-order chi connectivity index (χ1) is 10.9. The SMILES string of the molecule is CC(=O)CN1CCC(NC(=O)NCCCC[C@@H](N)C(=O)O)CC1. The van der Waals surface area contributed by atoms with Gasteiger partial charge < -0.3 is 21.5 Å². The molecule has 5 N–H and O–H groups in total. The number of carboxylic acid groups (broad SMARTS) is 1. The summed E-state index contributed by atoms with van der Waals surface area (Å²) in [5.74, 6) is -0.830. The molecule has 8 nitrogen and oxygen atoms in total. The van der Waals surface area contributed by atoms with Crippen LogP contribution in [-0.4, -0.2) is 66.1 Å². The van der Waals surface area contributed by atoms with E-state index in [1.165, 1.54) is 0 Å². The van der Waals surface area contributed by atoms with E-state index in [0.717, 1.165) is 25.9 Å². The van der Waals surface area contributed by atoms with Crippen LogP contribution in [0.2, 0.25) is 0 Å². The minimum Gasteiger partial charge on any atom is -0.480 e. The fraction of sp³-hybridized carbons (Fsp3) is 0.800. The van der Waals surface area contributed by atoms with Gasteiger partial charge in [-0.05, 0) is 39.0 Å². The quantitative estimate of drug-likeness (QED) is 0.439. The third kappa shape index (κ3) is 8.51. The van der Waals surface area contributed by atoms with Gasteiger partial charge in [0.15, 0.2) is 0 Å². The van der Waals surface area contributed by atoms with E-state index < -0.39 is 12.0 Å². The lowest BCUT2D eigenvalue weighted by molar-refractivity contribution is -0.138. The first-order valence-electron chi connectivity index (χ1n) is 8.13. The Hall–Kier alpha value is -1.67. The Kier molecular flexibility index (Phi) is 8.57. The maximum atomic E-state index is 11.8. The zero-order valence-corrected chi connectivity index (χ0v) is 13.7. The largest absolute Gasteiger partial charge is 0.480 e. The van der Waals surface area contributed by atoms with Crippen LogP contribution in [0, 0.1) is 0 Å². The van der Waals surface area contributed by atoms with Crippen molar-refractivity contribution in [3.05, 3.63) is 0 Å². The highest BCUT2D eigenvalue weighted by molar-refractivity contribution is 5.77. The Bertz CT molecular complexity index is 408. The van der Waals surface area contributed by atoms with Crippen molar-refractivity contribution in [1.82, 2.24) is 15.5 Å². The molecule has 1 atom stereocenters. The number of ketones is 1. The number of amides is 2. The molecular weight excluding hydrogens is 300 g/mol. The molecule has 23 heavy (non-hydrogen) atoms. The Labute approximate surface area is 136 Å². The molecule has 0 radical (unpaired) electrons. The molecule has 2 amide bonds. The van der Waals surface area contributed by atoms with Crippen molar-refractivity contribution >= 4 is 17.8 Å². The lowest BCUT2D eigenvalue weighted by atomic mass is 10.1. The molecule has 0 spiro atoms. The maximum absolute atomic E-state index is 11.8. The Morgan fingerprint density at radius 3 is 2.48 bits per heavy atom. The first kappa shape index (κ1) is 19.4. The third-order valence-corrected chi connectivity index (χ3v) is 3.91. The van der Waals surface area contributed by atoms with Gasteiger partial charge in [0.2, 0.25) is 0 Å². The number of rotatable bonds is 9. The zero-order chi connectivity index (χ0) is 17.2. The molecule has 0 bridgehead atoms. The number of urea groups is 1. The number of nitrogens with zero attached hydrogens (tertiary/aromatic N) is 1. The molecule has 1 heterocycles. The number of carbonyl (C=O) groups is 3. The van der Waals surface area contributed by atoms with Gasteiger partial charge >= 0.3 is 12.0 Å². The molecule has 1 aliphatic rings. The number of nitrogens with one attached hydrogen (secondary N) is 2. The highest BCUT2D eigenvalue weighted by Gasteiger charge is 2.21. The van der Waals surface area contributed by atoms with Gasteiger partial charge in [-0.2, -0.15) is 0 Å². The lowest BCUT2D eigenvalue weighted by Crippen LogP contribution is -2.48. The standard InChI is InChI=1S/C15H28N4O4/c1-11(20)10-19-8-5-12(6-9-19)18-15(23)17-7-3-2-4-13(16)14(21)22/h12-13H,2-10,16H2,1H3,(H,21,22)(H2,17,18,23)/t13-/m1/s1. The predicted molar refractivity (Wildman–Crippen MR) is 86.1 cm³/mol. The molecule has 1 rings (SSSR count). The summed E-state index contributed by atoms with van der Waals surface area (Å²) in [6.45, 7) is 4.20. The second-order valence-corrected chi connectivity index (χ2v) is 6.09. The van der Waals surface area contributed by atoms with Crippen LogP contribution in [0.1, 0.15) is 39.0 Å².